The van der Waals surface area contributed by atoms with Crippen molar-refractivity contribution in [2.24, 2.45) is 0 Å². The van der Waals surface area contributed by atoms with Gasteiger partial charge in [0, 0.05) is 54.3 Å². The molecule has 3 aromatic heterocycles. The molecule has 0 saturated heterocycles. The maximum atomic E-state index is 15.0. The molecule has 11 heteroatoms. The molecule has 0 radical (unpaired) electrons. The molecule has 6 aromatic rings. The van der Waals surface area contributed by atoms with Crippen molar-refractivity contribution in [2.45, 2.75) is 25.9 Å². The maximum Gasteiger partial charge on any atom is 0.275 e. The number of H-pyrrole nitrogens is 1. The second-order valence-corrected chi connectivity index (χ2v) is 12.8. The number of likely N-dealkylation sites (N-methyl/N-ethyl adjacent to an activating group) is 1. The normalized spacial score (nSPS) is 14.4. The van der Waals surface area contributed by atoms with E-state index in [0.29, 0.717) is 76.8 Å². The van der Waals surface area contributed by atoms with Gasteiger partial charge in [-0.2, -0.15) is 0 Å². The average Bonchev–Trinajstić information content (AvgIpc) is 3.69. The fourth-order valence-electron chi connectivity index (χ4n) is 6.58. The molecule has 0 bridgehead atoms. The number of methoxy groups -OCH3 is 1. The van der Waals surface area contributed by atoms with Crippen LogP contribution in [0, 0.1) is 12.7 Å². The van der Waals surface area contributed by atoms with Gasteiger partial charge in [-0.25, -0.2) is 9.37 Å². The molecule has 0 spiro atoms. The lowest BCUT2D eigenvalue weighted by Crippen LogP contribution is -2.42. The SMILES string of the molecule is COc1cccc2nc(C(=O)N(CCN(C)Cc3c[nH]c4ccccc34)C3CCOc4c3ccc(Cl)c4Cl)c(-c3ccc(F)c(C)c3)n12. The highest BCUT2D eigenvalue weighted by molar-refractivity contribution is 6.43. The van der Waals surface area contributed by atoms with Crippen LogP contribution in [0.1, 0.15) is 39.6 Å². The molecule has 3 aromatic carbocycles. The van der Waals surface area contributed by atoms with Crippen LogP contribution in [0.2, 0.25) is 10.0 Å². The zero-order valence-corrected chi connectivity index (χ0v) is 28.3. The van der Waals surface area contributed by atoms with Gasteiger partial charge in [0.15, 0.2) is 11.6 Å². The fourth-order valence-corrected chi connectivity index (χ4v) is 6.96. The van der Waals surface area contributed by atoms with Crippen LogP contribution in [0.3, 0.4) is 0 Å². The predicted molar refractivity (Wildman–Crippen MR) is 187 cm³/mol. The highest BCUT2D eigenvalue weighted by atomic mass is 35.5. The Morgan fingerprint density at radius 1 is 1.10 bits per heavy atom. The van der Waals surface area contributed by atoms with Gasteiger partial charge in [0.05, 0.1) is 30.5 Å². The van der Waals surface area contributed by atoms with E-state index < -0.39 is 0 Å². The third-order valence-corrected chi connectivity index (χ3v) is 9.79. The molecule has 4 heterocycles. The summed E-state index contributed by atoms with van der Waals surface area (Å²) in [7, 11) is 3.61. The number of halogens is 3. The first-order chi connectivity index (χ1) is 23.2. The Balaban J connectivity index is 1.31. The predicted octanol–water partition coefficient (Wildman–Crippen LogP) is 8.34. The molecule has 1 aliphatic heterocycles. The highest BCUT2D eigenvalue weighted by Gasteiger charge is 2.35. The summed E-state index contributed by atoms with van der Waals surface area (Å²) in [6.07, 6.45) is 2.58. The number of fused-ring (bicyclic) bond motifs is 3. The third-order valence-electron chi connectivity index (χ3n) is 9.00. The average molecular weight is 687 g/mol. The van der Waals surface area contributed by atoms with E-state index in [1.165, 1.54) is 17.0 Å². The molecule has 1 amide bonds. The van der Waals surface area contributed by atoms with E-state index in [4.69, 9.17) is 37.7 Å². The lowest BCUT2D eigenvalue weighted by Gasteiger charge is -2.37. The molecule has 0 fully saturated rings. The summed E-state index contributed by atoms with van der Waals surface area (Å²) in [5, 5.41) is 1.87. The van der Waals surface area contributed by atoms with E-state index >= 15 is 4.79 Å². The van der Waals surface area contributed by atoms with E-state index in [1.807, 2.05) is 48.5 Å². The molecule has 48 heavy (non-hydrogen) atoms. The van der Waals surface area contributed by atoms with Crippen molar-refractivity contribution in [3.8, 4) is 22.9 Å². The third kappa shape index (κ3) is 5.76. The molecule has 1 atom stereocenters. The number of aromatic amines is 1. The monoisotopic (exact) mass is 685 g/mol. The number of aromatic nitrogens is 3. The summed E-state index contributed by atoms with van der Waals surface area (Å²) in [5.41, 5.74) is 5.43. The maximum absolute atomic E-state index is 15.0. The van der Waals surface area contributed by atoms with Gasteiger partial charge in [-0.15, -0.1) is 0 Å². The van der Waals surface area contributed by atoms with Gasteiger partial charge in [0.1, 0.15) is 22.2 Å². The van der Waals surface area contributed by atoms with Crippen LogP contribution in [-0.2, 0) is 6.54 Å². The molecule has 1 unspecified atom stereocenters. The Labute approximate surface area is 287 Å². The number of nitrogens with one attached hydrogen (secondary N) is 1. The Kier molecular flexibility index (Phi) is 8.76. The van der Waals surface area contributed by atoms with Crippen LogP contribution in [0.25, 0.3) is 27.8 Å². The Morgan fingerprint density at radius 3 is 2.75 bits per heavy atom. The quantitative estimate of drug-likeness (QED) is 0.166. The Bertz CT molecular complexity index is 2160. The highest BCUT2D eigenvalue weighted by Crippen LogP contribution is 2.44. The summed E-state index contributed by atoms with van der Waals surface area (Å²) in [6, 6.07) is 21.7. The summed E-state index contributed by atoms with van der Waals surface area (Å²) in [6.45, 7) is 3.69. The molecule has 246 valence electrons. The first kappa shape index (κ1) is 32.0. The minimum Gasteiger partial charge on any atom is -0.492 e. The number of carbonyl (C=O) groups excluding carboxylic acids is 1. The minimum atomic E-state index is -0.369. The van der Waals surface area contributed by atoms with E-state index in [2.05, 4.69) is 22.0 Å². The second kappa shape index (κ2) is 13.1. The van der Waals surface area contributed by atoms with Gasteiger partial charge in [-0.05, 0) is 67.6 Å². The zero-order valence-electron chi connectivity index (χ0n) is 26.8. The largest absolute Gasteiger partial charge is 0.492 e. The fraction of sp³-hybridized carbons (Fsp3) is 0.243. The van der Waals surface area contributed by atoms with Crippen molar-refractivity contribution < 1.29 is 18.7 Å². The number of aryl methyl sites for hydroxylation is 1. The number of hydrogen-bond donors (Lipinski definition) is 1. The molecule has 8 nitrogen and oxygen atoms in total. The van der Waals surface area contributed by atoms with Crippen LogP contribution in [0.15, 0.2) is 79.0 Å². The summed E-state index contributed by atoms with van der Waals surface area (Å²) < 4.78 is 28.0. The van der Waals surface area contributed by atoms with Crippen molar-refractivity contribution in [3.63, 3.8) is 0 Å². The van der Waals surface area contributed by atoms with Crippen molar-refractivity contribution in [3.05, 3.63) is 117 Å². The van der Waals surface area contributed by atoms with Crippen LogP contribution in [0.4, 0.5) is 4.39 Å². The van der Waals surface area contributed by atoms with E-state index in [0.717, 1.165) is 11.1 Å². The second-order valence-electron chi connectivity index (χ2n) is 12.1. The van der Waals surface area contributed by atoms with Gasteiger partial charge in [0.2, 0.25) is 0 Å². The van der Waals surface area contributed by atoms with Gasteiger partial charge >= 0.3 is 0 Å². The first-order valence-corrected chi connectivity index (χ1v) is 16.5. The van der Waals surface area contributed by atoms with Crippen molar-refractivity contribution in [1.29, 1.82) is 0 Å². The smallest absolute Gasteiger partial charge is 0.275 e. The van der Waals surface area contributed by atoms with Crippen molar-refractivity contribution in [2.75, 3.05) is 33.9 Å². The lowest BCUT2D eigenvalue weighted by molar-refractivity contribution is 0.0594. The number of para-hydroxylation sites is 1. The van der Waals surface area contributed by atoms with Crippen LogP contribution in [0.5, 0.6) is 11.6 Å². The van der Waals surface area contributed by atoms with Gasteiger partial charge in [-0.3, -0.25) is 9.20 Å². The molecule has 1 aliphatic rings. The first-order valence-electron chi connectivity index (χ1n) is 15.7. The minimum absolute atomic E-state index is 0.234. The molecule has 0 aliphatic carbocycles. The number of amides is 1. The van der Waals surface area contributed by atoms with E-state index in [1.54, 1.807) is 42.7 Å². The Hall–Kier alpha value is -4.57. The standard InChI is InChI=1S/C37H34Cl2FN5O3/c1-22-19-23(11-14-28(22)40)35-34(42-31-9-6-10-32(47-3)45(31)35)37(46)44(30-15-18-48-36-26(30)12-13-27(38)33(36)39)17-16-43(2)21-24-20-41-29-8-5-4-7-25(24)29/h4-14,19-20,30,41H,15-18,21H2,1-3H3. The molecule has 1 N–H and O–H groups in total. The number of hydrogen-bond acceptors (Lipinski definition) is 5. The van der Waals surface area contributed by atoms with E-state index in [9.17, 15) is 4.39 Å². The molecule has 7 rings (SSSR count). The van der Waals surface area contributed by atoms with Gasteiger partial charge in [0.25, 0.3) is 5.91 Å². The zero-order chi connectivity index (χ0) is 33.5. The number of benzene rings is 3. The van der Waals surface area contributed by atoms with Crippen LogP contribution >= 0.6 is 23.2 Å². The van der Waals surface area contributed by atoms with E-state index in [-0.39, 0.29) is 23.5 Å². The summed E-state index contributed by atoms with van der Waals surface area (Å²) >= 11 is 13.0. The number of ether oxygens (including phenoxy) is 2. The Morgan fingerprint density at radius 2 is 1.94 bits per heavy atom. The number of imidazole rings is 1. The van der Waals surface area contributed by atoms with Crippen molar-refractivity contribution >= 4 is 45.7 Å². The van der Waals surface area contributed by atoms with Gasteiger partial charge in [-0.1, -0.05) is 53.5 Å². The summed E-state index contributed by atoms with van der Waals surface area (Å²) in [4.78, 5) is 27.3. The van der Waals surface area contributed by atoms with Crippen molar-refractivity contribution in [1.82, 2.24) is 24.2 Å². The van der Waals surface area contributed by atoms with Crippen LogP contribution in [-0.4, -0.2) is 63.9 Å². The number of rotatable bonds is 9. The van der Waals surface area contributed by atoms with Gasteiger partial charge < -0.3 is 24.3 Å². The number of nitrogens with zero attached hydrogens (tertiary/aromatic N) is 4. The lowest BCUT2D eigenvalue weighted by atomic mass is 9.97. The molecular formula is C37H34Cl2FN5O3. The van der Waals surface area contributed by atoms with Crippen LogP contribution < -0.4 is 9.47 Å². The molecular weight excluding hydrogens is 652 g/mol. The number of carbonyl (C=O) groups is 1. The molecule has 0 saturated carbocycles. The topological polar surface area (TPSA) is 75.1 Å². The summed E-state index contributed by atoms with van der Waals surface area (Å²) in [5.74, 6) is 0.374. The number of pyridine rings is 1.